The van der Waals surface area contributed by atoms with Gasteiger partial charge in [0, 0.05) is 11.3 Å². The molecule has 0 aliphatic heterocycles. The number of benzene rings is 2. The molecule has 4 rings (SSSR count). The summed E-state index contributed by atoms with van der Waals surface area (Å²) >= 11 is 1.61. The number of furan rings is 1. The van der Waals surface area contributed by atoms with E-state index in [0.29, 0.717) is 5.69 Å². The Bertz CT molecular complexity index is 1330. The number of thiazole rings is 1. The lowest BCUT2D eigenvalue weighted by Gasteiger charge is -2.17. The summed E-state index contributed by atoms with van der Waals surface area (Å²) < 4.78 is 11.3. The van der Waals surface area contributed by atoms with Crippen molar-refractivity contribution in [3.63, 3.8) is 0 Å². The zero-order valence-electron chi connectivity index (χ0n) is 18.8. The van der Waals surface area contributed by atoms with E-state index in [9.17, 15) is 14.4 Å². The highest BCUT2D eigenvalue weighted by Crippen LogP contribution is 2.31. The normalized spacial score (nSPS) is 12.7. The van der Waals surface area contributed by atoms with Gasteiger partial charge in [0.05, 0.1) is 16.5 Å². The fourth-order valence-electron chi connectivity index (χ4n) is 3.16. The summed E-state index contributed by atoms with van der Waals surface area (Å²) in [7, 11) is 0. The highest BCUT2D eigenvalue weighted by atomic mass is 32.1. The summed E-state index contributed by atoms with van der Waals surface area (Å²) in [5.41, 5.74) is 3.64. The second-order valence-corrected chi connectivity index (χ2v) is 8.84. The molecule has 9 heteroatoms. The Balaban J connectivity index is 1.32. The van der Waals surface area contributed by atoms with Crippen LogP contribution in [0.15, 0.2) is 65.3 Å². The largest absolute Gasteiger partial charge is 0.459 e. The number of hydrogen-bond acceptors (Lipinski definition) is 7. The number of fused-ring (bicyclic) bond motifs is 1. The molecule has 0 unspecified atom stereocenters. The molecular formula is C25H23N3O5S. The molecule has 8 nitrogen and oxygen atoms in total. The minimum absolute atomic E-state index is 0.0786. The number of carbonyl (C=O) groups is 3. The van der Waals surface area contributed by atoms with Crippen molar-refractivity contribution in [3.8, 4) is 10.6 Å². The smallest absolute Gasteiger partial charge is 0.329 e. The summed E-state index contributed by atoms with van der Waals surface area (Å²) in [5, 5.41) is 6.09. The Hall–Kier alpha value is -3.98. The van der Waals surface area contributed by atoms with E-state index in [0.717, 1.165) is 20.8 Å². The molecule has 34 heavy (non-hydrogen) atoms. The van der Waals surface area contributed by atoms with Crippen molar-refractivity contribution in [2.24, 2.45) is 0 Å². The van der Waals surface area contributed by atoms with Crippen LogP contribution in [0.1, 0.15) is 30.0 Å². The first kappa shape index (κ1) is 23.2. The number of aromatic nitrogens is 1. The molecule has 0 bridgehead atoms. The minimum Gasteiger partial charge on any atom is -0.459 e. The van der Waals surface area contributed by atoms with Crippen LogP contribution in [0.5, 0.6) is 0 Å². The Morgan fingerprint density at radius 1 is 1.06 bits per heavy atom. The highest BCUT2D eigenvalue weighted by Gasteiger charge is 2.24. The van der Waals surface area contributed by atoms with Gasteiger partial charge in [-0.1, -0.05) is 6.07 Å². The van der Waals surface area contributed by atoms with E-state index in [1.165, 1.54) is 31.7 Å². The lowest BCUT2D eigenvalue weighted by atomic mass is 10.2. The van der Waals surface area contributed by atoms with E-state index < -0.39 is 29.9 Å². The number of aryl methyl sites for hydroxylation is 1. The van der Waals surface area contributed by atoms with Crippen LogP contribution in [0.4, 0.5) is 5.69 Å². The zero-order chi connectivity index (χ0) is 24.2. The summed E-state index contributed by atoms with van der Waals surface area (Å²) in [6, 6.07) is 15.5. The molecule has 2 aromatic heterocycles. The van der Waals surface area contributed by atoms with Crippen LogP contribution < -0.4 is 10.6 Å². The van der Waals surface area contributed by atoms with Gasteiger partial charge in [0.15, 0.2) is 11.9 Å². The first-order chi connectivity index (χ1) is 16.3. The van der Waals surface area contributed by atoms with Crippen molar-refractivity contribution >= 4 is 45.0 Å². The van der Waals surface area contributed by atoms with E-state index in [2.05, 4.69) is 21.7 Å². The third kappa shape index (κ3) is 5.32. The van der Waals surface area contributed by atoms with Crippen LogP contribution in [-0.2, 0) is 14.3 Å². The predicted octanol–water partition coefficient (Wildman–Crippen LogP) is 4.55. The Labute approximate surface area is 199 Å². The van der Waals surface area contributed by atoms with Gasteiger partial charge in [-0.05, 0) is 74.9 Å². The van der Waals surface area contributed by atoms with Crippen LogP contribution in [0.2, 0.25) is 0 Å². The van der Waals surface area contributed by atoms with Gasteiger partial charge in [-0.15, -0.1) is 11.3 Å². The van der Waals surface area contributed by atoms with E-state index >= 15 is 0 Å². The third-order valence-corrected chi connectivity index (χ3v) is 6.12. The minimum atomic E-state index is -1.05. The van der Waals surface area contributed by atoms with Gasteiger partial charge in [-0.25, -0.2) is 9.78 Å². The highest BCUT2D eigenvalue weighted by molar-refractivity contribution is 7.21. The Morgan fingerprint density at radius 3 is 2.53 bits per heavy atom. The van der Waals surface area contributed by atoms with Gasteiger partial charge in [0.2, 0.25) is 0 Å². The number of rotatable bonds is 7. The molecule has 2 amide bonds. The number of carbonyl (C=O) groups excluding carboxylic acids is 3. The van der Waals surface area contributed by atoms with Gasteiger partial charge < -0.3 is 19.8 Å². The van der Waals surface area contributed by atoms with Crippen molar-refractivity contribution in [3.05, 3.63) is 72.2 Å². The topological polar surface area (TPSA) is 111 Å². The molecule has 174 valence electrons. The van der Waals surface area contributed by atoms with Crippen LogP contribution in [0, 0.1) is 6.92 Å². The number of nitrogens with one attached hydrogen (secondary N) is 2. The maximum absolute atomic E-state index is 12.5. The van der Waals surface area contributed by atoms with Crippen molar-refractivity contribution in [2.45, 2.75) is 32.9 Å². The molecule has 4 aromatic rings. The SMILES string of the molecule is Cc1ccc2nc(-c3ccc(NC(=O)[C@@H](C)OC(=O)[C@H](C)NC(=O)c4ccco4)cc3)sc2c1. The van der Waals surface area contributed by atoms with Crippen molar-refractivity contribution in [1.82, 2.24) is 10.3 Å². The van der Waals surface area contributed by atoms with Gasteiger partial charge in [-0.3, -0.25) is 9.59 Å². The van der Waals surface area contributed by atoms with Gasteiger partial charge in [-0.2, -0.15) is 0 Å². The Kier molecular flexibility index (Phi) is 6.74. The third-order valence-electron chi connectivity index (χ3n) is 5.05. The number of esters is 1. The predicted molar refractivity (Wildman–Crippen MR) is 130 cm³/mol. The standard InChI is InChI=1S/C25H23N3O5S/c1-14-6-11-19-21(13-14)34-24(28-19)17-7-9-18(10-8-17)27-22(29)16(3)33-25(31)15(2)26-23(30)20-5-4-12-32-20/h4-13,15-16H,1-3H3,(H,26,30)(H,27,29)/t15-,16+/m0/s1. The first-order valence-electron chi connectivity index (χ1n) is 10.6. The van der Waals surface area contributed by atoms with Crippen molar-refractivity contribution < 1.29 is 23.5 Å². The number of nitrogens with zero attached hydrogens (tertiary/aromatic N) is 1. The fraction of sp³-hybridized carbons (Fsp3) is 0.200. The number of amides is 2. The van der Waals surface area contributed by atoms with E-state index in [1.54, 1.807) is 29.5 Å². The molecular weight excluding hydrogens is 454 g/mol. The quantitative estimate of drug-likeness (QED) is 0.378. The van der Waals surface area contributed by atoms with Gasteiger partial charge in [0.25, 0.3) is 11.8 Å². The zero-order valence-corrected chi connectivity index (χ0v) is 19.6. The molecule has 0 spiro atoms. The van der Waals surface area contributed by atoms with Gasteiger partial charge in [0.1, 0.15) is 11.0 Å². The molecule has 0 radical (unpaired) electrons. The molecule has 0 aliphatic carbocycles. The second-order valence-electron chi connectivity index (χ2n) is 7.81. The van der Waals surface area contributed by atoms with Gasteiger partial charge >= 0.3 is 5.97 Å². The maximum atomic E-state index is 12.5. The second kappa shape index (κ2) is 9.88. The number of hydrogen-bond donors (Lipinski definition) is 2. The summed E-state index contributed by atoms with van der Waals surface area (Å²) in [4.78, 5) is 41.4. The molecule has 0 fully saturated rings. The average Bonchev–Trinajstić information content (AvgIpc) is 3.49. The average molecular weight is 478 g/mol. The van der Waals surface area contributed by atoms with Crippen LogP contribution in [0.3, 0.4) is 0 Å². The summed E-state index contributed by atoms with van der Waals surface area (Å²) in [5.74, 6) is -1.69. The van der Waals surface area contributed by atoms with E-state index in [4.69, 9.17) is 9.15 Å². The summed E-state index contributed by atoms with van der Waals surface area (Å²) in [6.07, 6.45) is 0.305. The molecule has 0 saturated carbocycles. The number of anilines is 1. The molecule has 2 N–H and O–H groups in total. The molecule has 0 aliphatic rings. The summed E-state index contributed by atoms with van der Waals surface area (Å²) in [6.45, 7) is 4.98. The van der Waals surface area contributed by atoms with Crippen LogP contribution >= 0.6 is 11.3 Å². The monoisotopic (exact) mass is 477 g/mol. The maximum Gasteiger partial charge on any atom is 0.329 e. The first-order valence-corrected chi connectivity index (χ1v) is 11.4. The van der Waals surface area contributed by atoms with Crippen molar-refractivity contribution in [1.29, 1.82) is 0 Å². The molecule has 2 heterocycles. The fourth-order valence-corrected chi connectivity index (χ4v) is 4.23. The molecule has 2 aromatic carbocycles. The lowest BCUT2D eigenvalue weighted by Crippen LogP contribution is -2.42. The molecule has 0 saturated heterocycles. The lowest BCUT2D eigenvalue weighted by molar-refractivity contribution is -0.154. The van der Waals surface area contributed by atoms with Crippen molar-refractivity contribution in [2.75, 3.05) is 5.32 Å². The number of ether oxygens (including phenoxy) is 1. The molecule has 2 atom stereocenters. The van der Waals surface area contributed by atoms with E-state index in [-0.39, 0.29) is 5.76 Å². The van der Waals surface area contributed by atoms with E-state index in [1.807, 2.05) is 31.2 Å². The van der Waals surface area contributed by atoms with Crippen LogP contribution in [0.25, 0.3) is 20.8 Å². The Morgan fingerprint density at radius 2 is 1.82 bits per heavy atom. The van der Waals surface area contributed by atoms with Crippen LogP contribution in [-0.4, -0.2) is 34.9 Å².